The van der Waals surface area contributed by atoms with Gasteiger partial charge in [0, 0.05) is 10.0 Å². The van der Waals surface area contributed by atoms with Crippen LogP contribution in [0.1, 0.15) is 21.5 Å². The zero-order valence-electron chi connectivity index (χ0n) is 9.81. The third kappa shape index (κ3) is 2.69. The van der Waals surface area contributed by atoms with Gasteiger partial charge < -0.3 is 0 Å². The van der Waals surface area contributed by atoms with Crippen molar-refractivity contribution in [3.05, 3.63) is 68.2 Å². The van der Waals surface area contributed by atoms with Gasteiger partial charge in [0.15, 0.2) is 17.4 Å². The fourth-order valence-corrected chi connectivity index (χ4v) is 2.11. The van der Waals surface area contributed by atoms with Gasteiger partial charge in [0.1, 0.15) is 0 Å². The first kappa shape index (κ1) is 14.2. The van der Waals surface area contributed by atoms with Crippen LogP contribution in [0, 0.1) is 18.6 Å². The molecule has 0 radical (unpaired) electrons. The van der Waals surface area contributed by atoms with Gasteiger partial charge >= 0.3 is 0 Å². The van der Waals surface area contributed by atoms with Crippen LogP contribution in [-0.2, 0) is 0 Å². The Morgan fingerprint density at radius 1 is 1.16 bits per heavy atom. The van der Waals surface area contributed by atoms with E-state index < -0.39 is 17.4 Å². The van der Waals surface area contributed by atoms with E-state index in [0.717, 1.165) is 0 Å². The van der Waals surface area contributed by atoms with E-state index in [1.165, 1.54) is 37.3 Å². The molecule has 0 aliphatic heterocycles. The number of aryl methyl sites for hydroxylation is 1. The van der Waals surface area contributed by atoms with Gasteiger partial charge in [-0.15, -0.1) is 0 Å². The van der Waals surface area contributed by atoms with Crippen molar-refractivity contribution >= 4 is 33.3 Å². The number of ketones is 1. The first-order valence-corrected chi connectivity index (χ1v) is 6.53. The maximum Gasteiger partial charge on any atom is 0.196 e. The second kappa shape index (κ2) is 5.39. The molecule has 2 aromatic rings. The summed E-state index contributed by atoms with van der Waals surface area (Å²) in [6.07, 6.45) is 0. The summed E-state index contributed by atoms with van der Waals surface area (Å²) in [6.45, 7) is 1.44. The molecule has 0 unspecified atom stereocenters. The minimum Gasteiger partial charge on any atom is -0.288 e. The van der Waals surface area contributed by atoms with E-state index in [0.29, 0.717) is 9.50 Å². The molecule has 5 heteroatoms. The second-order valence-electron chi connectivity index (χ2n) is 4.02. The summed E-state index contributed by atoms with van der Waals surface area (Å²) in [6, 6.07) is 7.10. The van der Waals surface area contributed by atoms with Gasteiger partial charge in [-0.3, -0.25) is 4.79 Å². The molecule has 0 bridgehead atoms. The summed E-state index contributed by atoms with van der Waals surface area (Å²) in [5.74, 6) is -2.72. The van der Waals surface area contributed by atoms with E-state index in [2.05, 4.69) is 15.9 Å². The van der Waals surface area contributed by atoms with Crippen LogP contribution < -0.4 is 0 Å². The summed E-state index contributed by atoms with van der Waals surface area (Å²) in [5, 5.41) is 0.437. The van der Waals surface area contributed by atoms with E-state index in [1.54, 1.807) is 0 Å². The van der Waals surface area contributed by atoms with Crippen LogP contribution in [0.3, 0.4) is 0 Å². The highest BCUT2D eigenvalue weighted by Gasteiger charge is 2.19. The first-order chi connectivity index (χ1) is 8.91. The third-order valence-corrected chi connectivity index (χ3v) is 3.92. The Morgan fingerprint density at radius 2 is 1.84 bits per heavy atom. The van der Waals surface area contributed by atoms with Crippen molar-refractivity contribution < 1.29 is 13.6 Å². The molecule has 0 aliphatic carbocycles. The highest BCUT2D eigenvalue weighted by atomic mass is 79.9. The predicted molar refractivity (Wildman–Crippen MR) is 73.7 cm³/mol. The van der Waals surface area contributed by atoms with Crippen LogP contribution in [0.15, 0.2) is 34.8 Å². The predicted octanol–water partition coefficient (Wildman–Crippen LogP) is 4.92. The summed E-state index contributed by atoms with van der Waals surface area (Å²) in [4.78, 5) is 12.1. The Labute approximate surface area is 122 Å². The van der Waals surface area contributed by atoms with Crippen LogP contribution in [0.5, 0.6) is 0 Å². The Kier molecular flexibility index (Phi) is 4.02. The number of hydrogen-bond donors (Lipinski definition) is 0. The first-order valence-electron chi connectivity index (χ1n) is 5.36. The molecule has 0 amide bonds. The van der Waals surface area contributed by atoms with Crippen LogP contribution in [-0.4, -0.2) is 5.78 Å². The Balaban J connectivity index is 2.50. The number of halogens is 4. The fourth-order valence-electron chi connectivity index (χ4n) is 1.61. The lowest BCUT2D eigenvalue weighted by molar-refractivity contribution is 0.103. The molecule has 0 aromatic heterocycles. The molecule has 0 spiro atoms. The zero-order valence-corrected chi connectivity index (χ0v) is 12.1. The maximum absolute atomic E-state index is 13.7. The molecule has 0 aliphatic rings. The number of rotatable bonds is 2. The second-order valence-corrected chi connectivity index (χ2v) is 5.28. The molecule has 0 saturated carbocycles. The van der Waals surface area contributed by atoms with Gasteiger partial charge in [0.2, 0.25) is 0 Å². The third-order valence-electron chi connectivity index (χ3n) is 2.70. The summed E-state index contributed by atoms with van der Waals surface area (Å²) in [7, 11) is 0. The minimum absolute atomic E-state index is 0.159. The SMILES string of the molecule is Cc1ccc(C(=O)c2ccc(Cl)c(Br)c2)c(F)c1F. The van der Waals surface area contributed by atoms with Crippen molar-refractivity contribution in [3.63, 3.8) is 0 Å². The molecule has 2 rings (SSSR count). The van der Waals surface area contributed by atoms with Gasteiger partial charge in [-0.2, -0.15) is 0 Å². The van der Waals surface area contributed by atoms with Gasteiger partial charge in [-0.1, -0.05) is 17.7 Å². The highest BCUT2D eigenvalue weighted by molar-refractivity contribution is 9.10. The van der Waals surface area contributed by atoms with Gasteiger partial charge in [-0.05, 0) is 52.7 Å². The quantitative estimate of drug-likeness (QED) is 0.706. The monoisotopic (exact) mass is 344 g/mol. The Bertz CT molecular complexity index is 671. The van der Waals surface area contributed by atoms with Gasteiger partial charge in [-0.25, -0.2) is 8.78 Å². The van der Waals surface area contributed by atoms with E-state index in [9.17, 15) is 13.6 Å². The normalized spacial score (nSPS) is 10.6. The molecule has 0 N–H and O–H groups in total. The smallest absolute Gasteiger partial charge is 0.196 e. The average Bonchev–Trinajstić information content (AvgIpc) is 2.39. The standard InChI is InChI=1S/C14H8BrClF2O/c1-7-2-4-9(13(18)12(7)17)14(19)8-3-5-11(16)10(15)6-8/h2-6H,1H3. The van der Waals surface area contributed by atoms with E-state index in [4.69, 9.17) is 11.6 Å². The van der Waals surface area contributed by atoms with Gasteiger partial charge in [0.25, 0.3) is 0 Å². The molecule has 19 heavy (non-hydrogen) atoms. The van der Waals surface area contributed by atoms with Crippen LogP contribution in [0.25, 0.3) is 0 Å². The molecule has 0 saturated heterocycles. The van der Waals surface area contributed by atoms with Gasteiger partial charge in [0.05, 0.1) is 10.6 Å². The van der Waals surface area contributed by atoms with Crippen molar-refractivity contribution in [1.82, 2.24) is 0 Å². The van der Waals surface area contributed by atoms with E-state index in [-0.39, 0.29) is 16.7 Å². The maximum atomic E-state index is 13.7. The molecule has 2 aromatic carbocycles. The van der Waals surface area contributed by atoms with Crippen molar-refractivity contribution in [3.8, 4) is 0 Å². The molecule has 0 atom stereocenters. The molecule has 1 nitrogen and oxygen atoms in total. The lowest BCUT2D eigenvalue weighted by atomic mass is 10.0. The number of carbonyl (C=O) groups excluding carboxylic acids is 1. The zero-order chi connectivity index (χ0) is 14.2. The number of benzene rings is 2. The highest BCUT2D eigenvalue weighted by Crippen LogP contribution is 2.25. The molecular weight excluding hydrogens is 338 g/mol. The Hall–Kier alpha value is -1.26. The lowest BCUT2D eigenvalue weighted by Gasteiger charge is -2.06. The Morgan fingerprint density at radius 3 is 2.47 bits per heavy atom. The lowest BCUT2D eigenvalue weighted by Crippen LogP contribution is -2.07. The molecule has 0 fully saturated rings. The van der Waals surface area contributed by atoms with Crippen molar-refractivity contribution in [2.24, 2.45) is 0 Å². The molecule has 98 valence electrons. The number of carbonyl (C=O) groups is 1. The largest absolute Gasteiger partial charge is 0.288 e. The van der Waals surface area contributed by atoms with E-state index in [1.807, 2.05) is 0 Å². The summed E-state index contributed by atoms with van der Waals surface area (Å²) < 4.78 is 27.7. The van der Waals surface area contributed by atoms with Crippen molar-refractivity contribution in [1.29, 1.82) is 0 Å². The van der Waals surface area contributed by atoms with Crippen LogP contribution >= 0.6 is 27.5 Å². The van der Waals surface area contributed by atoms with Crippen molar-refractivity contribution in [2.75, 3.05) is 0 Å². The summed E-state index contributed by atoms with van der Waals surface area (Å²) >= 11 is 9.00. The minimum atomic E-state index is -1.13. The van der Waals surface area contributed by atoms with E-state index >= 15 is 0 Å². The average molecular weight is 346 g/mol. The fraction of sp³-hybridized carbons (Fsp3) is 0.0714. The number of hydrogen-bond acceptors (Lipinski definition) is 1. The molecule has 0 heterocycles. The van der Waals surface area contributed by atoms with Crippen LogP contribution in [0.4, 0.5) is 8.78 Å². The van der Waals surface area contributed by atoms with Crippen LogP contribution in [0.2, 0.25) is 5.02 Å². The van der Waals surface area contributed by atoms with Crippen molar-refractivity contribution in [2.45, 2.75) is 6.92 Å². The molecular formula is C14H8BrClF2O. The summed E-state index contributed by atoms with van der Waals surface area (Å²) in [5.41, 5.74) is 0.0992. The topological polar surface area (TPSA) is 17.1 Å².